The van der Waals surface area contributed by atoms with Gasteiger partial charge in [0, 0.05) is 25.4 Å². The van der Waals surface area contributed by atoms with E-state index in [0.717, 1.165) is 6.07 Å². The molecule has 0 heterocycles. The van der Waals surface area contributed by atoms with Gasteiger partial charge in [-0.25, -0.2) is 4.79 Å². The van der Waals surface area contributed by atoms with Crippen molar-refractivity contribution in [2.45, 2.75) is 13.0 Å². The third-order valence-electron chi connectivity index (χ3n) is 3.74. The average Bonchev–Trinajstić information content (AvgIpc) is 2.68. The number of nitrogens with one attached hydrogen (secondary N) is 2. The van der Waals surface area contributed by atoms with Gasteiger partial charge >= 0.3 is 5.97 Å². The fraction of sp³-hybridized carbons (Fsp3) is 0.263. The zero-order valence-corrected chi connectivity index (χ0v) is 15.5. The second-order valence-electron chi connectivity index (χ2n) is 5.81. The molecule has 28 heavy (non-hydrogen) atoms. The Balaban J connectivity index is 2.11. The number of rotatable bonds is 9. The molecular formula is C19H21N3O6. The molecule has 0 bridgehead atoms. The van der Waals surface area contributed by atoms with Crippen LogP contribution in [0, 0.1) is 10.1 Å². The van der Waals surface area contributed by atoms with Gasteiger partial charge in [-0.05, 0) is 31.2 Å². The van der Waals surface area contributed by atoms with E-state index in [4.69, 9.17) is 9.47 Å². The van der Waals surface area contributed by atoms with Gasteiger partial charge in [0.2, 0.25) is 0 Å². The van der Waals surface area contributed by atoms with Crippen molar-refractivity contribution in [3.63, 3.8) is 0 Å². The maximum atomic E-state index is 12.3. The molecule has 0 aliphatic carbocycles. The van der Waals surface area contributed by atoms with Crippen LogP contribution in [0.4, 0.5) is 17.1 Å². The highest BCUT2D eigenvalue weighted by Crippen LogP contribution is 2.29. The van der Waals surface area contributed by atoms with Crippen molar-refractivity contribution in [2.24, 2.45) is 0 Å². The van der Waals surface area contributed by atoms with Gasteiger partial charge in [0.15, 0.2) is 6.10 Å². The highest BCUT2D eigenvalue weighted by molar-refractivity contribution is 5.94. The number of ether oxygens (including phenoxy) is 2. The number of methoxy groups -OCH3 is 1. The summed E-state index contributed by atoms with van der Waals surface area (Å²) in [6.07, 6.45) is -1.05. The SMILES string of the molecule is COCCNC(=O)[C@@H](C)OC(=O)c1ccc(Nc2ccccc2)c([N+](=O)[O-])c1. The summed E-state index contributed by atoms with van der Waals surface area (Å²) in [5.74, 6) is -1.31. The molecule has 0 aliphatic rings. The van der Waals surface area contributed by atoms with Gasteiger partial charge in [0.05, 0.1) is 17.1 Å². The highest BCUT2D eigenvalue weighted by atomic mass is 16.6. The minimum Gasteiger partial charge on any atom is -0.449 e. The molecule has 9 nitrogen and oxygen atoms in total. The topological polar surface area (TPSA) is 120 Å². The average molecular weight is 387 g/mol. The monoisotopic (exact) mass is 387 g/mol. The minimum atomic E-state index is -1.05. The van der Waals surface area contributed by atoms with Crippen molar-refractivity contribution in [3.8, 4) is 0 Å². The first-order chi connectivity index (χ1) is 13.4. The van der Waals surface area contributed by atoms with Gasteiger partial charge in [-0.15, -0.1) is 0 Å². The summed E-state index contributed by atoms with van der Waals surface area (Å²) in [5.41, 5.74) is 0.595. The Labute approximate surface area is 161 Å². The highest BCUT2D eigenvalue weighted by Gasteiger charge is 2.22. The van der Waals surface area contributed by atoms with E-state index in [1.807, 2.05) is 6.07 Å². The molecule has 2 N–H and O–H groups in total. The van der Waals surface area contributed by atoms with Crippen molar-refractivity contribution >= 4 is 28.9 Å². The third-order valence-corrected chi connectivity index (χ3v) is 3.74. The second-order valence-corrected chi connectivity index (χ2v) is 5.81. The molecule has 0 unspecified atom stereocenters. The van der Waals surface area contributed by atoms with Crippen LogP contribution >= 0.6 is 0 Å². The first kappa shape index (κ1) is 20.8. The molecule has 0 saturated heterocycles. The number of hydrogen-bond donors (Lipinski definition) is 2. The van der Waals surface area contributed by atoms with E-state index >= 15 is 0 Å². The van der Waals surface area contributed by atoms with Crippen LogP contribution in [0.15, 0.2) is 48.5 Å². The van der Waals surface area contributed by atoms with E-state index in [2.05, 4.69) is 10.6 Å². The maximum Gasteiger partial charge on any atom is 0.339 e. The number of benzene rings is 2. The summed E-state index contributed by atoms with van der Waals surface area (Å²) >= 11 is 0. The molecule has 0 spiro atoms. The number of nitro benzene ring substituents is 1. The number of nitrogens with zero attached hydrogens (tertiary/aromatic N) is 1. The molecule has 2 aromatic rings. The van der Waals surface area contributed by atoms with Crippen molar-refractivity contribution in [3.05, 3.63) is 64.2 Å². The minimum absolute atomic E-state index is 0.0261. The maximum absolute atomic E-state index is 12.3. The Morgan fingerprint density at radius 1 is 1.18 bits per heavy atom. The van der Waals surface area contributed by atoms with E-state index in [-0.39, 0.29) is 23.5 Å². The lowest BCUT2D eigenvalue weighted by atomic mass is 10.1. The summed E-state index contributed by atoms with van der Waals surface area (Å²) < 4.78 is 9.91. The van der Waals surface area contributed by atoms with Crippen molar-refractivity contribution in [1.82, 2.24) is 5.32 Å². The number of amides is 1. The van der Waals surface area contributed by atoms with Crippen LogP contribution < -0.4 is 10.6 Å². The molecule has 1 amide bonds. The van der Waals surface area contributed by atoms with E-state index < -0.39 is 22.9 Å². The van der Waals surface area contributed by atoms with Crippen LogP contribution in [-0.2, 0) is 14.3 Å². The van der Waals surface area contributed by atoms with Gasteiger partial charge in [-0.3, -0.25) is 14.9 Å². The second kappa shape index (κ2) is 10.0. The number of para-hydroxylation sites is 1. The lowest BCUT2D eigenvalue weighted by Crippen LogP contribution is -2.37. The molecule has 0 radical (unpaired) electrons. The summed E-state index contributed by atoms with van der Waals surface area (Å²) in [6.45, 7) is 2.02. The molecule has 9 heteroatoms. The number of nitro groups is 1. The van der Waals surface area contributed by atoms with Gasteiger partial charge in [-0.2, -0.15) is 0 Å². The number of carbonyl (C=O) groups is 2. The molecule has 148 valence electrons. The standard InChI is InChI=1S/C19H21N3O6/c1-13(18(23)20-10-11-27-2)28-19(24)14-8-9-16(17(12-14)22(25)26)21-15-6-4-3-5-7-15/h3-9,12-13,21H,10-11H2,1-2H3,(H,20,23)/t13-/m1/s1. The zero-order chi connectivity index (χ0) is 20.5. The van der Waals surface area contributed by atoms with Crippen molar-refractivity contribution in [2.75, 3.05) is 25.6 Å². The van der Waals surface area contributed by atoms with Crippen LogP contribution in [0.2, 0.25) is 0 Å². The molecule has 1 atom stereocenters. The number of hydrogen-bond acceptors (Lipinski definition) is 7. The normalized spacial score (nSPS) is 11.4. The number of anilines is 2. The molecule has 0 aliphatic heterocycles. The van der Waals surface area contributed by atoms with E-state index in [1.54, 1.807) is 24.3 Å². The zero-order valence-electron chi connectivity index (χ0n) is 15.5. The predicted octanol–water partition coefficient (Wildman–Crippen LogP) is 2.65. The summed E-state index contributed by atoms with van der Waals surface area (Å²) in [4.78, 5) is 34.9. The first-order valence-electron chi connectivity index (χ1n) is 8.50. The van der Waals surface area contributed by atoms with Crippen LogP contribution in [0.3, 0.4) is 0 Å². The van der Waals surface area contributed by atoms with Gasteiger partial charge in [0.25, 0.3) is 11.6 Å². The molecular weight excluding hydrogens is 366 g/mol. The molecule has 2 aromatic carbocycles. The van der Waals surface area contributed by atoms with Crippen LogP contribution in [0.1, 0.15) is 17.3 Å². The fourth-order valence-corrected chi connectivity index (χ4v) is 2.29. The van der Waals surface area contributed by atoms with E-state index in [9.17, 15) is 19.7 Å². The van der Waals surface area contributed by atoms with Crippen LogP contribution in [0.25, 0.3) is 0 Å². The fourth-order valence-electron chi connectivity index (χ4n) is 2.29. The van der Waals surface area contributed by atoms with Gasteiger partial charge < -0.3 is 20.1 Å². The molecule has 0 aromatic heterocycles. The smallest absolute Gasteiger partial charge is 0.339 e. The van der Waals surface area contributed by atoms with Gasteiger partial charge in [-0.1, -0.05) is 18.2 Å². The molecule has 2 rings (SSSR count). The quantitative estimate of drug-likeness (QED) is 0.294. The van der Waals surface area contributed by atoms with Crippen LogP contribution in [0.5, 0.6) is 0 Å². The third kappa shape index (κ3) is 5.78. The largest absolute Gasteiger partial charge is 0.449 e. The lowest BCUT2D eigenvalue weighted by Gasteiger charge is -2.14. The Kier molecular flexibility index (Phi) is 7.46. The Bertz CT molecular complexity index is 841. The van der Waals surface area contributed by atoms with E-state index in [1.165, 1.54) is 26.2 Å². The van der Waals surface area contributed by atoms with E-state index in [0.29, 0.717) is 12.3 Å². The molecule has 0 saturated carbocycles. The Hall–Kier alpha value is -3.46. The first-order valence-corrected chi connectivity index (χ1v) is 8.50. The number of esters is 1. The molecule has 0 fully saturated rings. The Morgan fingerprint density at radius 3 is 2.54 bits per heavy atom. The summed E-state index contributed by atoms with van der Waals surface area (Å²) in [7, 11) is 1.50. The van der Waals surface area contributed by atoms with Gasteiger partial charge in [0.1, 0.15) is 5.69 Å². The van der Waals surface area contributed by atoms with Crippen molar-refractivity contribution < 1.29 is 24.0 Å². The lowest BCUT2D eigenvalue weighted by molar-refractivity contribution is -0.383. The van der Waals surface area contributed by atoms with Crippen molar-refractivity contribution in [1.29, 1.82) is 0 Å². The summed E-state index contributed by atoms with van der Waals surface area (Å²) in [5, 5.41) is 16.9. The van der Waals surface area contributed by atoms with Crippen LogP contribution in [-0.4, -0.2) is 43.2 Å². The Morgan fingerprint density at radius 2 is 1.89 bits per heavy atom. The number of carbonyl (C=O) groups excluding carboxylic acids is 2. The predicted molar refractivity (Wildman–Crippen MR) is 103 cm³/mol. The summed E-state index contributed by atoms with van der Waals surface area (Å²) in [6, 6.07) is 12.9.